The Balaban J connectivity index is 2.38. The molecule has 2 nitrogen and oxygen atoms in total. The number of hydrogen-bond acceptors (Lipinski definition) is 2. The number of fused-ring (bicyclic) bond motifs is 5. The molecule has 4 aromatic rings. The van der Waals surface area contributed by atoms with Gasteiger partial charge in [0.2, 0.25) is 0 Å². The topological polar surface area (TPSA) is 25.8 Å². The Morgan fingerprint density at radius 3 is 2.50 bits per heavy atom. The zero-order chi connectivity index (χ0) is 11.9. The highest BCUT2D eigenvalue weighted by molar-refractivity contribution is 6.17. The quantitative estimate of drug-likeness (QED) is 0.428. The minimum absolute atomic E-state index is 1.02. The van der Waals surface area contributed by atoms with Crippen molar-refractivity contribution in [3.8, 4) is 0 Å². The molecule has 0 radical (unpaired) electrons. The highest BCUT2D eigenvalue weighted by Gasteiger charge is 2.05. The molecule has 0 aliphatic rings. The lowest BCUT2D eigenvalue weighted by Gasteiger charge is -2.06. The van der Waals surface area contributed by atoms with Gasteiger partial charge in [0.25, 0.3) is 0 Å². The summed E-state index contributed by atoms with van der Waals surface area (Å²) in [5.74, 6) is 0. The first kappa shape index (κ1) is 9.54. The van der Waals surface area contributed by atoms with E-state index in [1.165, 1.54) is 21.5 Å². The molecule has 2 heterocycles. The maximum Gasteiger partial charge on any atom is 0.0716 e. The molecule has 2 aromatic carbocycles. The van der Waals surface area contributed by atoms with Crippen LogP contribution < -0.4 is 0 Å². The fourth-order valence-electron chi connectivity index (χ4n) is 2.51. The molecular formula is C16H10N2. The molecule has 18 heavy (non-hydrogen) atoms. The maximum atomic E-state index is 4.53. The van der Waals surface area contributed by atoms with E-state index < -0.39 is 0 Å². The molecule has 0 aliphatic carbocycles. The van der Waals surface area contributed by atoms with Crippen LogP contribution in [0.4, 0.5) is 0 Å². The van der Waals surface area contributed by atoms with Gasteiger partial charge in [-0.2, -0.15) is 0 Å². The Kier molecular flexibility index (Phi) is 1.86. The summed E-state index contributed by atoms with van der Waals surface area (Å²) in [6, 6.07) is 16.5. The van der Waals surface area contributed by atoms with E-state index in [0.717, 1.165) is 11.0 Å². The van der Waals surface area contributed by atoms with E-state index in [9.17, 15) is 0 Å². The smallest absolute Gasteiger partial charge is 0.0716 e. The predicted octanol–water partition coefficient (Wildman–Crippen LogP) is 3.94. The Morgan fingerprint density at radius 1 is 0.667 bits per heavy atom. The summed E-state index contributed by atoms with van der Waals surface area (Å²) in [4.78, 5) is 8.94. The van der Waals surface area contributed by atoms with Gasteiger partial charge >= 0.3 is 0 Å². The van der Waals surface area contributed by atoms with Gasteiger partial charge in [0.1, 0.15) is 0 Å². The van der Waals surface area contributed by atoms with Crippen molar-refractivity contribution in [2.75, 3.05) is 0 Å². The van der Waals surface area contributed by atoms with Crippen LogP contribution in [0.1, 0.15) is 0 Å². The Bertz CT molecular complexity index is 811. The fourth-order valence-corrected chi connectivity index (χ4v) is 2.51. The van der Waals surface area contributed by atoms with Crippen molar-refractivity contribution in [3.63, 3.8) is 0 Å². The molecule has 0 saturated carbocycles. The van der Waals surface area contributed by atoms with Crippen molar-refractivity contribution in [2.45, 2.75) is 0 Å². The third-order valence-electron chi connectivity index (χ3n) is 3.34. The van der Waals surface area contributed by atoms with Crippen LogP contribution in [0.5, 0.6) is 0 Å². The van der Waals surface area contributed by atoms with Gasteiger partial charge in [0.15, 0.2) is 0 Å². The van der Waals surface area contributed by atoms with Crippen LogP contribution >= 0.6 is 0 Å². The highest BCUT2D eigenvalue weighted by atomic mass is 14.7. The lowest BCUT2D eigenvalue weighted by molar-refractivity contribution is 1.41. The summed E-state index contributed by atoms with van der Waals surface area (Å²) in [6.07, 6.45) is 3.76. The van der Waals surface area contributed by atoms with Crippen LogP contribution in [0, 0.1) is 0 Å². The van der Waals surface area contributed by atoms with E-state index in [1.54, 1.807) is 0 Å². The molecule has 4 rings (SSSR count). The molecule has 0 bridgehead atoms. The van der Waals surface area contributed by atoms with Crippen molar-refractivity contribution in [1.82, 2.24) is 9.97 Å². The molecule has 0 spiro atoms. The molecule has 0 atom stereocenters. The highest BCUT2D eigenvalue weighted by Crippen LogP contribution is 2.29. The number of hydrogen-bond donors (Lipinski definition) is 0. The monoisotopic (exact) mass is 230 g/mol. The lowest BCUT2D eigenvalue weighted by Crippen LogP contribution is -1.85. The minimum Gasteiger partial charge on any atom is -0.256 e. The minimum atomic E-state index is 1.02. The van der Waals surface area contributed by atoms with Gasteiger partial charge in [-0.05, 0) is 23.6 Å². The summed E-state index contributed by atoms with van der Waals surface area (Å²) in [7, 11) is 0. The molecule has 0 saturated heterocycles. The lowest BCUT2D eigenvalue weighted by atomic mass is 10.0. The van der Waals surface area contributed by atoms with Gasteiger partial charge in [-0.25, -0.2) is 0 Å². The van der Waals surface area contributed by atoms with Crippen molar-refractivity contribution >= 4 is 32.6 Å². The van der Waals surface area contributed by atoms with E-state index >= 15 is 0 Å². The molecule has 84 valence electrons. The molecule has 0 fully saturated rings. The fraction of sp³-hybridized carbons (Fsp3) is 0. The number of nitrogens with zero attached hydrogens (tertiary/aromatic N) is 2. The van der Waals surface area contributed by atoms with Crippen LogP contribution in [0.3, 0.4) is 0 Å². The van der Waals surface area contributed by atoms with Crippen LogP contribution in [0.25, 0.3) is 32.6 Å². The number of benzene rings is 2. The average Bonchev–Trinajstić information content (AvgIpc) is 2.46. The average molecular weight is 230 g/mol. The molecular weight excluding hydrogens is 220 g/mol. The second-order valence-corrected chi connectivity index (χ2v) is 4.38. The Morgan fingerprint density at radius 2 is 1.50 bits per heavy atom. The molecule has 0 unspecified atom stereocenters. The van der Waals surface area contributed by atoms with Gasteiger partial charge in [-0.1, -0.05) is 30.3 Å². The summed E-state index contributed by atoms with van der Waals surface area (Å²) < 4.78 is 0. The summed E-state index contributed by atoms with van der Waals surface area (Å²) >= 11 is 0. The Hall–Kier alpha value is -2.48. The first-order chi connectivity index (χ1) is 8.93. The van der Waals surface area contributed by atoms with E-state index in [2.05, 4.69) is 34.2 Å². The van der Waals surface area contributed by atoms with Crippen LogP contribution in [-0.4, -0.2) is 9.97 Å². The zero-order valence-corrected chi connectivity index (χ0v) is 9.67. The second-order valence-electron chi connectivity index (χ2n) is 4.38. The van der Waals surface area contributed by atoms with E-state index in [1.807, 2.05) is 36.7 Å². The van der Waals surface area contributed by atoms with Crippen LogP contribution in [0.15, 0.2) is 60.9 Å². The summed E-state index contributed by atoms with van der Waals surface area (Å²) in [6.45, 7) is 0. The van der Waals surface area contributed by atoms with Gasteiger partial charge in [0.05, 0.1) is 11.0 Å². The largest absolute Gasteiger partial charge is 0.256 e. The van der Waals surface area contributed by atoms with Gasteiger partial charge in [-0.3, -0.25) is 9.97 Å². The molecule has 0 N–H and O–H groups in total. The summed E-state index contributed by atoms with van der Waals surface area (Å²) in [5.41, 5.74) is 2.04. The zero-order valence-electron chi connectivity index (χ0n) is 9.67. The number of rotatable bonds is 0. The van der Waals surface area contributed by atoms with E-state index in [4.69, 9.17) is 0 Å². The van der Waals surface area contributed by atoms with E-state index in [-0.39, 0.29) is 0 Å². The number of aromatic nitrogens is 2. The van der Waals surface area contributed by atoms with Gasteiger partial charge in [0, 0.05) is 28.6 Å². The summed E-state index contributed by atoms with van der Waals surface area (Å²) in [5, 5.41) is 4.76. The molecule has 0 amide bonds. The third kappa shape index (κ3) is 1.23. The van der Waals surface area contributed by atoms with Gasteiger partial charge in [-0.15, -0.1) is 0 Å². The maximum absolute atomic E-state index is 4.53. The first-order valence-corrected chi connectivity index (χ1v) is 5.95. The van der Waals surface area contributed by atoms with Crippen molar-refractivity contribution in [1.29, 1.82) is 0 Å². The van der Waals surface area contributed by atoms with Crippen LogP contribution in [0.2, 0.25) is 0 Å². The van der Waals surface area contributed by atoms with E-state index in [0.29, 0.717) is 0 Å². The first-order valence-electron chi connectivity index (χ1n) is 5.95. The second kappa shape index (κ2) is 3.50. The standard InChI is InChI=1S/C16H10N2/c1-2-5-12-11(4-1)10-18-15-8-7-14-13(16(12)15)6-3-9-17-14/h1-10H. The SMILES string of the molecule is c1ccc2c(c1)cnc1ccc3ncccc3c12. The molecule has 0 aliphatic heterocycles. The van der Waals surface area contributed by atoms with Crippen LogP contribution in [-0.2, 0) is 0 Å². The van der Waals surface area contributed by atoms with Crippen molar-refractivity contribution in [3.05, 3.63) is 60.9 Å². The van der Waals surface area contributed by atoms with Crippen molar-refractivity contribution < 1.29 is 0 Å². The Labute approximate surface area is 104 Å². The molecule has 2 heteroatoms. The normalized spacial score (nSPS) is 11.3. The third-order valence-corrected chi connectivity index (χ3v) is 3.34. The predicted molar refractivity (Wildman–Crippen MR) is 74.6 cm³/mol. The molecule has 2 aromatic heterocycles. The van der Waals surface area contributed by atoms with Crippen molar-refractivity contribution in [2.24, 2.45) is 0 Å². The number of pyridine rings is 2. The van der Waals surface area contributed by atoms with Gasteiger partial charge < -0.3 is 0 Å².